The molecule has 1 N–H and O–H groups in total. The first-order valence-electron chi connectivity index (χ1n) is 9.95. The Labute approximate surface area is 173 Å². The summed E-state index contributed by atoms with van der Waals surface area (Å²) in [7, 11) is 1.11. The first-order chi connectivity index (χ1) is 13.5. The summed E-state index contributed by atoms with van der Waals surface area (Å²) in [6.07, 6.45) is 2.45. The van der Waals surface area contributed by atoms with Crippen LogP contribution in [0.3, 0.4) is 0 Å². The summed E-state index contributed by atoms with van der Waals surface area (Å²) in [4.78, 5) is 25.2. The Morgan fingerprint density at radius 2 is 1.76 bits per heavy atom. The topological polar surface area (TPSA) is 73.9 Å². The molecular weight excluding hydrogens is 386 g/mol. The van der Waals surface area contributed by atoms with Gasteiger partial charge in [-0.15, -0.1) is 0 Å². The molecule has 2 amide bonds. The molecule has 1 aliphatic heterocycles. The molecule has 3 atom stereocenters. The summed E-state index contributed by atoms with van der Waals surface area (Å²) >= 11 is 0. The van der Waals surface area contributed by atoms with Crippen LogP contribution in [0, 0.1) is 11.8 Å². The first kappa shape index (κ1) is 21.4. The van der Waals surface area contributed by atoms with Crippen LogP contribution in [0.15, 0.2) is 30.0 Å². The lowest BCUT2D eigenvalue weighted by Crippen LogP contribution is -2.41. The molecule has 1 aliphatic carbocycles. The van der Waals surface area contributed by atoms with Gasteiger partial charge in [0.25, 0.3) is 0 Å². The maximum atomic E-state index is 12.6. The molecule has 1 heterocycles. The predicted octanol–water partition coefficient (Wildman–Crippen LogP) is 3.99. The minimum absolute atomic E-state index is 0.0294. The van der Waals surface area contributed by atoms with Gasteiger partial charge in [0.1, 0.15) is 11.5 Å². The van der Waals surface area contributed by atoms with Gasteiger partial charge in [-0.3, -0.25) is 14.9 Å². The third-order valence-electron chi connectivity index (χ3n) is 6.48. The zero-order valence-electron chi connectivity index (χ0n) is 18.3. The maximum Gasteiger partial charge on any atom is 0.250 e. The van der Waals surface area contributed by atoms with Crippen molar-refractivity contribution in [3.63, 3.8) is 0 Å². The minimum Gasteiger partial charge on any atom is -0.547 e. The van der Waals surface area contributed by atoms with Crippen LogP contribution in [0.4, 0.5) is 0 Å². The first-order valence-corrected chi connectivity index (χ1v) is 12.9. The molecule has 0 unspecified atom stereocenters. The Kier molecular flexibility index (Phi) is 5.55. The van der Waals surface area contributed by atoms with E-state index in [9.17, 15) is 9.59 Å². The number of benzene rings is 1. The summed E-state index contributed by atoms with van der Waals surface area (Å²) in [5, 5.41) is 2.54. The summed E-state index contributed by atoms with van der Waals surface area (Å²) in [6, 6.07) is 5.52. The molecule has 1 aromatic rings. The minimum atomic E-state index is -2.09. The molecule has 0 spiro atoms. The van der Waals surface area contributed by atoms with Gasteiger partial charge in [0, 0.05) is 17.9 Å². The average molecular weight is 418 g/mol. The van der Waals surface area contributed by atoms with Gasteiger partial charge in [0.15, 0.2) is 0 Å². The van der Waals surface area contributed by atoms with E-state index in [0.717, 1.165) is 11.3 Å². The number of carbonyl (C=O) groups excluding carboxylic acids is 2. The Balaban J connectivity index is 2.09. The lowest BCUT2D eigenvalue weighted by molar-refractivity contribution is -0.126. The molecule has 0 saturated carbocycles. The fourth-order valence-corrected chi connectivity index (χ4v) is 4.92. The van der Waals surface area contributed by atoms with Crippen LogP contribution in [0.25, 0.3) is 0 Å². The van der Waals surface area contributed by atoms with Crippen LogP contribution in [0.5, 0.6) is 11.5 Å². The molecule has 1 fully saturated rings. The normalized spacial score (nSPS) is 24.5. The number of fused-ring (bicyclic) bond motifs is 1. The monoisotopic (exact) mass is 417 g/mol. The van der Waals surface area contributed by atoms with Gasteiger partial charge in [-0.05, 0) is 42.4 Å². The van der Waals surface area contributed by atoms with E-state index in [1.807, 2.05) is 24.3 Å². The summed E-state index contributed by atoms with van der Waals surface area (Å²) in [5.74, 6) is 0.416. The second kappa shape index (κ2) is 7.52. The van der Waals surface area contributed by atoms with Crippen LogP contribution in [-0.2, 0) is 14.0 Å². The number of allylic oxidation sites excluding steroid dienone is 2. The second-order valence-electron chi connectivity index (χ2n) is 9.32. The molecule has 7 heteroatoms. The molecule has 2 aliphatic rings. The number of hydrogen-bond donors (Lipinski definition) is 1. The number of hydrogen-bond acceptors (Lipinski definition) is 5. The van der Waals surface area contributed by atoms with Crippen molar-refractivity contribution in [1.29, 1.82) is 0 Å². The van der Waals surface area contributed by atoms with E-state index in [-0.39, 0.29) is 22.8 Å². The van der Waals surface area contributed by atoms with Gasteiger partial charge in [-0.1, -0.05) is 20.8 Å². The molecule has 158 valence electrons. The molecule has 0 bridgehead atoms. The summed E-state index contributed by atoms with van der Waals surface area (Å²) in [5.41, 5.74) is 0.822. The number of imide groups is 1. The van der Waals surface area contributed by atoms with Crippen LogP contribution in [0.1, 0.15) is 38.7 Å². The van der Waals surface area contributed by atoms with Gasteiger partial charge in [-0.25, -0.2) is 0 Å². The van der Waals surface area contributed by atoms with Gasteiger partial charge in [0.2, 0.25) is 20.1 Å². The lowest BCUT2D eigenvalue weighted by atomic mass is 9.73. The zero-order chi connectivity index (χ0) is 21.6. The van der Waals surface area contributed by atoms with Gasteiger partial charge >= 0.3 is 0 Å². The van der Waals surface area contributed by atoms with Crippen LogP contribution < -0.4 is 14.8 Å². The van der Waals surface area contributed by atoms with Crippen molar-refractivity contribution in [2.45, 2.75) is 51.2 Å². The van der Waals surface area contributed by atoms with Crippen LogP contribution in [-0.4, -0.2) is 34.4 Å². The van der Waals surface area contributed by atoms with Gasteiger partial charge in [0.05, 0.1) is 31.8 Å². The number of amides is 2. The standard InChI is InChI=1S/C22H31NO5Si/c1-22(2,3)29(6,7)28-14-11-16(19-17(12-14)20(24)23-21(19)25)15-10-13(26-4)8-9-18(15)27-5/h8-11,16-17,19H,12H2,1-7H3,(H,23,24,25)/t16-,17+,19-/m0/s1. The number of nitrogens with one attached hydrogen (secondary N) is 1. The lowest BCUT2D eigenvalue weighted by Gasteiger charge is -2.40. The highest BCUT2D eigenvalue weighted by molar-refractivity contribution is 6.74. The molecule has 29 heavy (non-hydrogen) atoms. The Bertz CT molecular complexity index is 855. The quantitative estimate of drug-likeness (QED) is 0.579. The molecule has 1 aromatic carbocycles. The number of methoxy groups -OCH3 is 2. The highest BCUT2D eigenvalue weighted by Gasteiger charge is 2.50. The molecule has 0 aromatic heterocycles. The van der Waals surface area contributed by atoms with Crippen molar-refractivity contribution in [1.82, 2.24) is 5.32 Å². The van der Waals surface area contributed by atoms with Crippen LogP contribution >= 0.6 is 0 Å². The van der Waals surface area contributed by atoms with Crippen molar-refractivity contribution in [2.24, 2.45) is 11.8 Å². The van der Waals surface area contributed by atoms with Crippen molar-refractivity contribution >= 4 is 20.1 Å². The van der Waals surface area contributed by atoms with E-state index in [1.165, 1.54) is 0 Å². The van der Waals surface area contributed by atoms with Gasteiger partial charge in [-0.2, -0.15) is 0 Å². The molecular formula is C22H31NO5Si. The molecule has 0 radical (unpaired) electrons. The maximum absolute atomic E-state index is 12.6. The number of ether oxygens (including phenoxy) is 2. The van der Waals surface area contributed by atoms with Crippen molar-refractivity contribution < 1.29 is 23.5 Å². The van der Waals surface area contributed by atoms with Crippen LogP contribution in [0.2, 0.25) is 18.1 Å². The largest absolute Gasteiger partial charge is 0.547 e. The second-order valence-corrected chi connectivity index (χ2v) is 14.0. The average Bonchev–Trinajstić information content (AvgIpc) is 2.93. The Morgan fingerprint density at radius 1 is 1.07 bits per heavy atom. The van der Waals surface area contributed by atoms with E-state index in [1.54, 1.807) is 14.2 Å². The Hall–Kier alpha value is -2.28. The zero-order valence-corrected chi connectivity index (χ0v) is 19.3. The third-order valence-corrected chi connectivity index (χ3v) is 10.9. The Morgan fingerprint density at radius 3 is 2.34 bits per heavy atom. The fourth-order valence-electron chi connectivity index (χ4n) is 3.80. The SMILES string of the molecule is COc1ccc(OC)c([C@@H]2C=C(O[Si](C)(C)C(C)(C)C)C[C@H]3C(=O)NC(=O)[C@H]32)c1. The van der Waals surface area contributed by atoms with Crippen molar-refractivity contribution in [3.05, 3.63) is 35.6 Å². The van der Waals surface area contributed by atoms with E-state index in [2.05, 4.69) is 39.2 Å². The number of carbonyl (C=O) groups is 2. The van der Waals surface area contributed by atoms with E-state index < -0.39 is 20.2 Å². The highest BCUT2D eigenvalue weighted by Crippen LogP contribution is 2.48. The highest BCUT2D eigenvalue weighted by atomic mass is 28.4. The molecule has 1 saturated heterocycles. The summed E-state index contributed by atoms with van der Waals surface area (Å²) < 4.78 is 17.5. The third kappa shape index (κ3) is 3.92. The van der Waals surface area contributed by atoms with Crippen molar-refractivity contribution in [3.8, 4) is 11.5 Å². The van der Waals surface area contributed by atoms with E-state index in [0.29, 0.717) is 17.9 Å². The smallest absolute Gasteiger partial charge is 0.250 e. The summed E-state index contributed by atoms with van der Waals surface area (Å²) in [6.45, 7) is 10.9. The number of rotatable bonds is 5. The fraction of sp³-hybridized carbons (Fsp3) is 0.545. The van der Waals surface area contributed by atoms with E-state index >= 15 is 0 Å². The van der Waals surface area contributed by atoms with Crippen molar-refractivity contribution in [2.75, 3.05) is 14.2 Å². The van der Waals surface area contributed by atoms with Gasteiger partial charge < -0.3 is 13.9 Å². The predicted molar refractivity (Wildman–Crippen MR) is 113 cm³/mol. The molecule has 3 rings (SSSR count). The van der Waals surface area contributed by atoms with E-state index in [4.69, 9.17) is 13.9 Å². The molecule has 6 nitrogen and oxygen atoms in total.